The largest absolute Gasteiger partial charge is 0.401 e. The summed E-state index contributed by atoms with van der Waals surface area (Å²) in [5.74, 6) is 0.286. The summed E-state index contributed by atoms with van der Waals surface area (Å²) in [5.41, 5.74) is 1.18. The van der Waals surface area contributed by atoms with Gasteiger partial charge >= 0.3 is 6.18 Å². The van der Waals surface area contributed by atoms with E-state index < -0.39 is 12.7 Å². The molecule has 6 heteroatoms. The minimum Gasteiger partial charge on any atom is -0.308 e. The normalized spacial score (nSPS) is 20.7. The maximum Gasteiger partial charge on any atom is 0.401 e. The summed E-state index contributed by atoms with van der Waals surface area (Å²) in [4.78, 5) is 2.30. The maximum absolute atomic E-state index is 12.1. The zero-order valence-corrected chi connectivity index (χ0v) is 12.6. The smallest absolute Gasteiger partial charge is 0.308 e. The molecule has 0 spiro atoms. The van der Waals surface area contributed by atoms with Gasteiger partial charge in [0.15, 0.2) is 0 Å². The molecule has 1 N–H and O–H groups in total. The molecule has 0 radical (unpaired) electrons. The van der Waals surface area contributed by atoms with E-state index in [4.69, 9.17) is 11.6 Å². The molecule has 118 valence electrons. The van der Waals surface area contributed by atoms with Crippen LogP contribution >= 0.6 is 11.6 Å². The van der Waals surface area contributed by atoms with Crippen LogP contribution in [0, 0.1) is 5.92 Å². The first kappa shape index (κ1) is 16.6. The minimum absolute atomic E-state index is 0.286. The highest BCUT2D eigenvalue weighted by atomic mass is 35.5. The number of nitrogens with zero attached hydrogens (tertiary/aromatic N) is 1. The standard InChI is InChI=1S/C15H20ClF3N2/c16-14-5-3-12(4-6-14)9-21-7-1-2-13(10-21)8-20-11-15(17,18)19/h3-6,13,20H,1-2,7-11H2. The molecule has 0 saturated carbocycles. The third-order valence-corrected chi connectivity index (χ3v) is 3.93. The summed E-state index contributed by atoms with van der Waals surface area (Å²) < 4.78 is 36.4. The molecule has 1 aromatic rings. The van der Waals surface area contributed by atoms with Gasteiger partial charge in [0, 0.05) is 18.1 Å². The Morgan fingerprint density at radius 1 is 1.24 bits per heavy atom. The SMILES string of the molecule is FC(F)(F)CNCC1CCCN(Cc2ccc(Cl)cc2)C1. The first-order valence-corrected chi connectivity index (χ1v) is 7.54. The minimum atomic E-state index is -4.13. The van der Waals surface area contributed by atoms with Crippen LogP contribution in [0.5, 0.6) is 0 Å². The van der Waals surface area contributed by atoms with Crippen molar-refractivity contribution in [1.82, 2.24) is 10.2 Å². The van der Waals surface area contributed by atoms with Gasteiger partial charge < -0.3 is 5.32 Å². The number of nitrogens with one attached hydrogen (secondary N) is 1. The van der Waals surface area contributed by atoms with Crippen molar-refractivity contribution in [2.24, 2.45) is 5.92 Å². The molecule has 1 saturated heterocycles. The predicted molar refractivity (Wildman–Crippen MR) is 78.4 cm³/mol. The third kappa shape index (κ3) is 6.24. The lowest BCUT2D eigenvalue weighted by Crippen LogP contribution is -2.41. The molecule has 0 aromatic heterocycles. The van der Waals surface area contributed by atoms with Crippen LogP contribution in [0.4, 0.5) is 13.2 Å². The van der Waals surface area contributed by atoms with E-state index in [0.29, 0.717) is 11.6 Å². The van der Waals surface area contributed by atoms with E-state index in [1.807, 2.05) is 24.3 Å². The highest BCUT2D eigenvalue weighted by Crippen LogP contribution is 2.19. The van der Waals surface area contributed by atoms with Crippen molar-refractivity contribution in [2.45, 2.75) is 25.6 Å². The zero-order chi connectivity index (χ0) is 15.3. The Bertz CT molecular complexity index is 434. The maximum atomic E-state index is 12.1. The zero-order valence-electron chi connectivity index (χ0n) is 11.8. The summed E-state index contributed by atoms with van der Waals surface area (Å²) in [6.07, 6.45) is -2.11. The third-order valence-electron chi connectivity index (χ3n) is 3.68. The van der Waals surface area contributed by atoms with E-state index in [2.05, 4.69) is 10.2 Å². The second-order valence-electron chi connectivity index (χ2n) is 5.62. The predicted octanol–water partition coefficient (Wildman–Crippen LogP) is 3.70. The summed E-state index contributed by atoms with van der Waals surface area (Å²) in [7, 11) is 0. The quantitative estimate of drug-likeness (QED) is 0.890. The number of hydrogen-bond acceptors (Lipinski definition) is 2. The molecule has 0 aliphatic carbocycles. The van der Waals surface area contributed by atoms with Crippen LogP contribution in [-0.4, -0.2) is 37.3 Å². The Balaban J connectivity index is 1.76. The second kappa shape index (κ2) is 7.47. The second-order valence-corrected chi connectivity index (χ2v) is 6.05. The molecule has 0 amide bonds. The van der Waals surface area contributed by atoms with Crippen molar-refractivity contribution >= 4 is 11.6 Å². The van der Waals surface area contributed by atoms with Crippen molar-refractivity contribution in [3.05, 3.63) is 34.9 Å². The molecule has 1 atom stereocenters. The van der Waals surface area contributed by atoms with Crippen molar-refractivity contribution in [2.75, 3.05) is 26.2 Å². The lowest BCUT2D eigenvalue weighted by atomic mass is 9.97. The number of halogens is 4. The molecule has 1 aromatic carbocycles. The van der Waals surface area contributed by atoms with E-state index in [-0.39, 0.29) is 5.92 Å². The van der Waals surface area contributed by atoms with Gasteiger partial charge in [-0.2, -0.15) is 13.2 Å². The number of hydrogen-bond donors (Lipinski definition) is 1. The van der Waals surface area contributed by atoms with Crippen molar-refractivity contribution in [3.63, 3.8) is 0 Å². The van der Waals surface area contributed by atoms with Gasteiger partial charge in [-0.3, -0.25) is 4.90 Å². The van der Waals surface area contributed by atoms with Gasteiger partial charge in [0.05, 0.1) is 6.54 Å². The first-order chi connectivity index (χ1) is 9.92. The van der Waals surface area contributed by atoms with Crippen LogP contribution in [-0.2, 0) is 6.54 Å². The van der Waals surface area contributed by atoms with E-state index in [1.54, 1.807) is 0 Å². The Morgan fingerprint density at radius 2 is 1.95 bits per heavy atom. The number of rotatable bonds is 5. The van der Waals surface area contributed by atoms with Gasteiger partial charge in [-0.1, -0.05) is 23.7 Å². The lowest BCUT2D eigenvalue weighted by molar-refractivity contribution is -0.125. The van der Waals surface area contributed by atoms with Crippen LogP contribution in [0.25, 0.3) is 0 Å². The van der Waals surface area contributed by atoms with Gasteiger partial charge in [-0.25, -0.2) is 0 Å². The van der Waals surface area contributed by atoms with Gasteiger partial charge in [-0.15, -0.1) is 0 Å². The molecule has 1 fully saturated rings. The summed E-state index contributed by atoms with van der Waals surface area (Å²) >= 11 is 5.86. The fourth-order valence-electron chi connectivity index (χ4n) is 2.73. The van der Waals surface area contributed by atoms with E-state index in [9.17, 15) is 13.2 Å². The monoisotopic (exact) mass is 320 g/mol. The Hall–Kier alpha value is -0.780. The summed E-state index contributed by atoms with van der Waals surface area (Å²) in [6.45, 7) is 2.19. The molecule has 21 heavy (non-hydrogen) atoms. The highest BCUT2D eigenvalue weighted by molar-refractivity contribution is 6.30. The van der Waals surface area contributed by atoms with E-state index in [1.165, 1.54) is 5.56 Å². The first-order valence-electron chi connectivity index (χ1n) is 7.16. The number of likely N-dealkylation sites (tertiary alicyclic amines) is 1. The number of alkyl halides is 3. The van der Waals surface area contributed by atoms with Crippen LogP contribution in [0.15, 0.2) is 24.3 Å². The number of benzene rings is 1. The average molecular weight is 321 g/mol. The molecular formula is C15H20ClF3N2. The van der Waals surface area contributed by atoms with Gasteiger partial charge in [0.2, 0.25) is 0 Å². The van der Waals surface area contributed by atoms with Crippen LogP contribution in [0.1, 0.15) is 18.4 Å². The topological polar surface area (TPSA) is 15.3 Å². The van der Waals surface area contributed by atoms with Crippen molar-refractivity contribution < 1.29 is 13.2 Å². The summed E-state index contributed by atoms with van der Waals surface area (Å²) in [6, 6.07) is 7.72. The summed E-state index contributed by atoms with van der Waals surface area (Å²) in [5, 5.41) is 3.23. The molecule has 0 bridgehead atoms. The molecule has 1 unspecified atom stereocenters. The molecule has 1 heterocycles. The highest BCUT2D eigenvalue weighted by Gasteiger charge is 2.27. The Labute approximate surface area is 128 Å². The van der Waals surface area contributed by atoms with Gasteiger partial charge in [-0.05, 0) is 49.5 Å². The van der Waals surface area contributed by atoms with Crippen LogP contribution in [0.2, 0.25) is 5.02 Å². The number of piperidine rings is 1. The van der Waals surface area contributed by atoms with Crippen LogP contribution in [0.3, 0.4) is 0 Å². The van der Waals surface area contributed by atoms with Crippen molar-refractivity contribution in [3.8, 4) is 0 Å². The van der Waals surface area contributed by atoms with Gasteiger partial charge in [0.1, 0.15) is 0 Å². The van der Waals surface area contributed by atoms with Crippen molar-refractivity contribution in [1.29, 1.82) is 0 Å². The van der Waals surface area contributed by atoms with Crippen LogP contribution < -0.4 is 5.32 Å². The van der Waals surface area contributed by atoms with E-state index >= 15 is 0 Å². The van der Waals surface area contributed by atoms with Gasteiger partial charge in [0.25, 0.3) is 0 Å². The molecule has 1 aliphatic heterocycles. The average Bonchev–Trinajstić information content (AvgIpc) is 2.40. The molecule has 2 nitrogen and oxygen atoms in total. The fraction of sp³-hybridized carbons (Fsp3) is 0.600. The van der Waals surface area contributed by atoms with E-state index in [0.717, 1.165) is 32.5 Å². The Morgan fingerprint density at radius 3 is 2.62 bits per heavy atom. The molecular weight excluding hydrogens is 301 g/mol. The lowest BCUT2D eigenvalue weighted by Gasteiger charge is -2.33. The fourth-order valence-corrected chi connectivity index (χ4v) is 2.85. The molecule has 2 rings (SSSR count). The Kier molecular flexibility index (Phi) is 5.90. The molecule has 1 aliphatic rings.